The van der Waals surface area contributed by atoms with Gasteiger partial charge in [-0.15, -0.1) is 0 Å². The molecule has 0 spiro atoms. The molecule has 0 atom stereocenters. The van der Waals surface area contributed by atoms with Crippen LogP contribution in [0, 0.1) is 20.8 Å². The molecule has 0 saturated carbocycles. The first-order valence-electron chi connectivity index (χ1n) is 11.2. The summed E-state index contributed by atoms with van der Waals surface area (Å²) in [5, 5.41) is 2.85. The third-order valence-corrected chi connectivity index (χ3v) is 7.52. The first-order chi connectivity index (χ1) is 16.7. The lowest BCUT2D eigenvalue weighted by atomic mass is 10.1. The summed E-state index contributed by atoms with van der Waals surface area (Å²) in [6, 6.07) is 19.9. The average Bonchev–Trinajstić information content (AvgIpc) is 3.37. The summed E-state index contributed by atoms with van der Waals surface area (Å²) < 4.78 is 30.2. The average molecular weight is 489 g/mol. The maximum absolute atomic E-state index is 13.6. The predicted molar refractivity (Wildman–Crippen MR) is 137 cm³/mol. The highest BCUT2D eigenvalue weighted by Gasteiger charge is 2.28. The van der Waals surface area contributed by atoms with Gasteiger partial charge in [-0.3, -0.25) is 9.10 Å². The molecule has 0 radical (unpaired) electrons. The fraction of sp³-hybridized carbons (Fsp3) is 0.185. The van der Waals surface area contributed by atoms with Crippen molar-refractivity contribution in [2.75, 3.05) is 10.8 Å². The number of amides is 1. The summed E-state index contributed by atoms with van der Waals surface area (Å²) in [5.41, 5.74) is 5.10. The minimum atomic E-state index is -3.95. The number of aromatic nitrogens is 2. The van der Waals surface area contributed by atoms with Crippen LogP contribution in [-0.4, -0.2) is 30.4 Å². The van der Waals surface area contributed by atoms with Crippen molar-refractivity contribution >= 4 is 21.6 Å². The number of anilines is 1. The van der Waals surface area contributed by atoms with Crippen LogP contribution in [0.1, 0.15) is 22.3 Å². The van der Waals surface area contributed by atoms with Crippen molar-refractivity contribution in [3.05, 3.63) is 108 Å². The van der Waals surface area contributed by atoms with Gasteiger partial charge >= 0.3 is 0 Å². The van der Waals surface area contributed by atoms with Gasteiger partial charge in [0.1, 0.15) is 6.54 Å². The van der Waals surface area contributed by atoms with E-state index >= 15 is 0 Å². The predicted octanol–water partition coefficient (Wildman–Crippen LogP) is 4.31. The molecule has 0 unspecified atom stereocenters. The van der Waals surface area contributed by atoms with Crippen LogP contribution in [0.4, 0.5) is 5.69 Å². The Hall–Kier alpha value is -3.91. The van der Waals surface area contributed by atoms with Crippen molar-refractivity contribution in [3.63, 3.8) is 0 Å². The Bertz CT molecular complexity index is 1410. The Morgan fingerprint density at radius 2 is 1.63 bits per heavy atom. The van der Waals surface area contributed by atoms with Crippen molar-refractivity contribution in [1.29, 1.82) is 0 Å². The molecule has 0 bridgehead atoms. The van der Waals surface area contributed by atoms with E-state index in [1.807, 2.05) is 67.9 Å². The van der Waals surface area contributed by atoms with E-state index in [1.165, 1.54) is 4.31 Å². The summed E-state index contributed by atoms with van der Waals surface area (Å²) >= 11 is 0. The third kappa shape index (κ3) is 5.60. The fourth-order valence-corrected chi connectivity index (χ4v) is 5.29. The number of rotatable bonds is 8. The lowest BCUT2D eigenvalue weighted by Crippen LogP contribution is -2.41. The molecule has 8 heteroatoms. The Labute approximate surface area is 206 Å². The van der Waals surface area contributed by atoms with E-state index in [0.29, 0.717) is 5.69 Å². The molecule has 0 fully saturated rings. The monoisotopic (exact) mass is 488 g/mol. The minimum absolute atomic E-state index is 0.144. The molecule has 4 rings (SSSR count). The van der Waals surface area contributed by atoms with Crippen LogP contribution in [0.2, 0.25) is 0 Å². The molecule has 180 valence electrons. The van der Waals surface area contributed by atoms with Crippen molar-refractivity contribution in [1.82, 2.24) is 14.9 Å². The number of hydrogen-bond donors (Lipinski definition) is 1. The Morgan fingerprint density at radius 3 is 2.26 bits per heavy atom. The van der Waals surface area contributed by atoms with Gasteiger partial charge < -0.3 is 9.88 Å². The zero-order chi connectivity index (χ0) is 25.0. The van der Waals surface area contributed by atoms with Crippen molar-refractivity contribution in [2.24, 2.45) is 0 Å². The van der Waals surface area contributed by atoms with E-state index in [9.17, 15) is 13.2 Å². The molecule has 1 aromatic heterocycles. The second-order valence-electron chi connectivity index (χ2n) is 8.53. The number of nitrogens with one attached hydrogen (secondary N) is 1. The van der Waals surface area contributed by atoms with E-state index in [-0.39, 0.29) is 23.9 Å². The van der Waals surface area contributed by atoms with E-state index in [0.717, 1.165) is 27.9 Å². The first-order valence-corrected chi connectivity index (χ1v) is 12.7. The Morgan fingerprint density at radius 1 is 0.943 bits per heavy atom. The molecule has 1 amide bonds. The first kappa shape index (κ1) is 24.2. The molecule has 7 nitrogen and oxygen atoms in total. The molecule has 1 N–H and O–H groups in total. The van der Waals surface area contributed by atoms with E-state index < -0.39 is 10.0 Å². The number of nitrogens with zero attached hydrogens (tertiary/aromatic N) is 3. The van der Waals surface area contributed by atoms with Gasteiger partial charge in [-0.1, -0.05) is 47.5 Å². The summed E-state index contributed by atoms with van der Waals surface area (Å²) in [6.45, 7) is 5.65. The number of aryl methyl sites for hydroxylation is 3. The number of hydrogen-bond acceptors (Lipinski definition) is 4. The number of carbonyl (C=O) groups excluding carboxylic acids is 1. The van der Waals surface area contributed by atoms with Crippen LogP contribution in [-0.2, 0) is 21.4 Å². The zero-order valence-corrected chi connectivity index (χ0v) is 20.8. The quantitative estimate of drug-likeness (QED) is 0.401. The van der Waals surface area contributed by atoms with Crippen molar-refractivity contribution in [3.8, 4) is 5.69 Å². The zero-order valence-electron chi connectivity index (χ0n) is 20.0. The fourth-order valence-electron chi connectivity index (χ4n) is 3.81. The van der Waals surface area contributed by atoms with Crippen LogP contribution in [0.5, 0.6) is 0 Å². The van der Waals surface area contributed by atoms with E-state index in [2.05, 4.69) is 10.3 Å². The van der Waals surface area contributed by atoms with E-state index in [1.54, 1.807) is 42.9 Å². The molecule has 1 heterocycles. The molecule has 0 aliphatic carbocycles. The molecule has 0 saturated heterocycles. The second kappa shape index (κ2) is 10.1. The lowest BCUT2D eigenvalue weighted by molar-refractivity contribution is -0.119. The highest BCUT2D eigenvalue weighted by molar-refractivity contribution is 7.92. The molecule has 3 aromatic carbocycles. The Balaban J connectivity index is 1.53. The summed E-state index contributed by atoms with van der Waals surface area (Å²) in [6.07, 6.45) is 5.28. The van der Waals surface area contributed by atoms with Gasteiger partial charge in [-0.05, 0) is 62.2 Å². The smallest absolute Gasteiger partial charge is 0.264 e. The summed E-state index contributed by atoms with van der Waals surface area (Å²) in [7, 11) is -3.95. The molecule has 4 aromatic rings. The number of carbonyl (C=O) groups is 1. The highest BCUT2D eigenvalue weighted by Crippen LogP contribution is 2.27. The van der Waals surface area contributed by atoms with Gasteiger partial charge in [0, 0.05) is 24.6 Å². The number of imidazole rings is 1. The lowest BCUT2D eigenvalue weighted by Gasteiger charge is -2.26. The van der Waals surface area contributed by atoms with E-state index in [4.69, 9.17) is 0 Å². The molecule has 0 aliphatic rings. The summed E-state index contributed by atoms with van der Waals surface area (Å²) in [5.74, 6) is -0.389. The standard InChI is InChI=1S/C27H28N4O3S/c1-20-4-11-25(12-5-20)35(33,34)31(26-13-6-21(2)16-22(26)3)18-27(32)29-17-23-7-9-24(10-8-23)30-15-14-28-19-30/h4-16,19H,17-18H2,1-3H3,(H,29,32). The largest absolute Gasteiger partial charge is 0.350 e. The topological polar surface area (TPSA) is 84.3 Å². The third-order valence-electron chi connectivity index (χ3n) is 5.75. The number of sulfonamides is 1. The van der Waals surface area contributed by atoms with Gasteiger partial charge in [-0.25, -0.2) is 13.4 Å². The summed E-state index contributed by atoms with van der Waals surface area (Å²) in [4.78, 5) is 17.1. The van der Waals surface area contributed by atoms with Gasteiger partial charge in [0.2, 0.25) is 5.91 Å². The number of benzene rings is 3. The molecule has 35 heavy (non-hydrogen) atoms. The van der Waals surface area contributed by atoms with Crippen LogP contribution >= 0.6 is 0 Å². The van der Waals surface area contributed by atoms with Crippen molar-refractivity contribution in [2.45, 2.75) is 32.2 Å². The SMILES string of the molecule is Cc1ccc(S(=O)(=O)N(CC(=O)NCc2ccc(-n3ccnc3)cc2)c2ccc(C)cc2C)cc1. The van der Waals surface area contributed by atoms with Gasteiger partial charge in [0.15, 0.2) is 0 Å². The maximum atomic E-state index is 13.6. The van der Waals surface area contributed by atoms with Crippen molar-refractivity contribution < 1.29 is 13.2 Å². The van der Waals surface area contributed by atoms with Crippen LogP contribution in [0.25, 0.3) is 5.69 Å². The van der Waals surface area contributed by atoms with Gasteiger partial charge in [0.25, 0.3) is 10.0 Å². The van der Waals surface area contributed by atoms with Crippen LogP contribution in [0.3, 0.4) is 0 Å². The van der Waals surface area contributed by atoms with Crippen LogP contribution < -0.4 is 9.62 Å². The Kier molecular flexibility index (Phi) is 7.02. The van der Waals surface area contributed by atoms with Crippen LogP contribution in [0.15, 0.2) is 90.3 Å². The van der Waals surface area contributed by atoms with Gasteiger partial charge in [-0.2, -0.15) is 0 Å². The molecular formula is C27H28N4O3S. The van der Waals surface area contributed by atoms with Gasteiger partial charge in [0.05, 0.1) is 16.9 Å². The normalized spacial score (nSPS) is 11.3. The highest BCUT2D eigenvalue weighted by atomic mass is 32.2. The maximum Gasteiger partial charge on any atom is 0.264 e. The second-order valence-corrected chi connectivity index (χ2v) is 10.4. The molecule has 0 aliphatic heterocycles. The minimum Gasteiger partial charge on any atom is -0.350 e. The molecular weight excluding hydrogens is 460 g/mol.